The summed E-state index contributed by atoms with van der Waals surface area (Å²) in [5, 5.41) is 11.6. The van der Waals surface area contributed by atoms with Gasteiger partial charge in [0.15, 0.2) is 0 Å². The van der Waals surface area contributed by atoms with Crippen molar-refractivity contribution >= 4 is 17.9 Å². The summed E-state index contributed by atoms with van der Waals surface area (Å²) in [5.41, 5.74) is 4.47. The molecule has 0 bridgehead atoms. The Morgan fingerprint density at radius 2 is 1.89 bits per heavy atom. The smallest absolute Gasteiger partial charge is 0.256 e. The molecule has 6 heteroatoms. The van der Waals surface area contributed by atoms with Crippen LogP contribution in [0.25, 0.3) is 5.69 Å². The van der Waals surface area contributed by atoms with E-state index in [4.69, 9.17) is 5.10 Å². The SMILES string of the molecule is CON=Cc1ccc(C(=O)Nc2c(C)c(C3CC3)nn2-c2ccccc2)cc1. The molecule has 4 rings (SSSR count). The van der Waals surface area contributed by atoms with Gasteiger partial charge >= 0.3 is 0 Å². The van der Waals surface area contributed by atoms with E-state index >= 15 is 0 Å². The standard InChI is InChI=1S/C22H22N4O2/c1-15-20(17-12-13-17)25-26(19-6-4-3-5-7-19)21(15)24-22(27)18-10-8-16(9-11-18)14-23-28-2/h3-11,14,17H,12-13H2,1-2H3,(H,24,27). The van der Waals surface area contributed by atoms with E-state index in [-0.39, 0.29) is 5.91 Å². The predicted octanol–water partition coefficient (Wildman–Crippen LogP) is 4.29. The molecule has 0 saturated heterocycles. The zero-order valence-corrected chi connectivity index (χ0v) is 15.9. The van der Waals surface area contributed by atoms with Crippen LogP contribution in [0.2, 0.25) is 0 Å². The maximum absolute atomic E-state index is 12.9. The van der Waals surface area contributed by atoms with Crippen molar-refractivity contribution in [3.63, 3.8) is 0 Å². The van der Waals surface area contributed by atoms with Crippen molar-refractivity contribution in [1.82, 2.24) is 9.78 Å². The summed E-state index contributed by atoms with van der Waals surface area (Å²) >= 11 is 0. The number of hydrogen-bond donors (Lipinski definition) is 1. The number of nitrogens with zero attached hydrogens (tertiary/aromatic N) is 3. The molecule has 3 aromatic rings. The fourth-order valence-corrected chi connectivity index (χ4v) is 3.17. The molecule has 0 aliphatic heterocycles. The third-order valence-corrected chi connectivity index (χ3v) is 4.84. The minimum absolute atomic E-state index is 0.169. The van der Waals surface area contributed by atoms with Crippen molar-refractivity contribution < 1.29 is 9.63 Å². The van der Waals surface area contributed by atoms with Crippen LogP contribution in [0.5, 0.6) is 0 Å². The average Bonchev–Trinajstić information content (AvgIpc) is 3.52. The summed E-state index contributed by atoms with van der Waals surface area (Å²) in [7, 11) is 1.49. The number of rotatable bonds is 6. The van der Waals surface area contributed by atoms with Crippen LogP contribution in [0.15, 0.2) is 59.8 Å². The third kappa shape index (κ3) is 3.67. The minimum Gasteiger partial charge on any atom is -0.399 e. The quantitative estimate of drug-likeness (QED) is 0.517. The van der Waals surface area contributed by atoms with Gasteiger partial charge in [-0.2, -0.15) is 5.10 Å². The number of carbonyl (C=O) groups is 1. The van der Waals surface area contributed by atoms with E-state index in [0.29, 0.717) is 11.5 Å². The third-order valence-electron chi connectivity index (χ3n) is 4.84. The van der Waals surface area contributed by atoms with Crippen molar-refractivity contribution in [2.75, 3.05) is 12.4 Å². The number of para-hydroxylation sites is 1. The van der Waals surface area contributed by atoms with Crippen LogP contribution >= 0.6 is 0 Å². The normalized spacial score (nSPS) is 13.6. The predicted molar refractivity (Wildman–Crippen MR) is 109 cm³/mol. The second-order valence-corrected chi connectivity index (χ2v) is 6.87. The lowest BCUT2D eigenvalue weighted by molar-refractivity contribution is 0.102. The first-order valence-corrected chi connectivity index (χ1v) is 9.30. The van der Waals surface area contributed by atoms with Crippen molar-refractivity contribution in [3.05, 3.63) is 77.0 Å². The van der Waals surface area contributed by atoms with Gasteiger partial charge in [-0.05, 0) is 49.6 Å². The highest BCUT2D eigenvalue weighted by Gasteiger charge is 2.31. The second-order valence-electron chi connectivity index (χ2n) is 6.87. The molecule has 1 amide bonds. The van der Waals surface area contributed by atoms with Crippen molar-refractivity contribution in [2.24, 2.45) is 5.16 Å². The van der Waals surface area contributed by atoms with Crippen LogP contribution in [0.1, 0.15) is 45.9 Å². The molecule has 2 aromatic carbocycles. The highest BCUT2D eigenvalue weighted by molar-refractivity contribution is 6.04. The molecular formula is C22H22N4O2. The zero-order valence-electron chi connectivity index (χ0n) is 15.9. The van der Waals surface area contributed by atoms with Gasteiger partial charge in [0.05, 0.1) is 17.6 Å². The summed E-state index contributed by atoms with van der Waals surface area (Å²) in [5.74, 6) is 1.06. The van der Waals surface area contributed by atoms with E-state index in [0.717, 1.165) is 41.2 Å². The molecule has 1 heterocycles. The molecule has 0 atom stereocenters. The molecule has 6 nitrogen and oxygen atoms in total. The molecule has 0 spiro atoms. The summed E-state index contributed by atoms with van der Waals surface area (Å²) in [6.45, 7) is 2.03. The van der Waals surface area contributed by atoms with Crippen LogP contribution in [-0.4, -0.2) is 29.0 Å². The Morgan fingerprint density at radius 3 is 2.54 bits per heavy atom. The van der Waals surface area contributed by atoms with Crippen molar-refractivity contribution in [2.45, 2.75) is 25.7 Å². The number of anilines is 1. The Hall–Kier alpha value is -3.41. The summed E-state index contributed by atoms with van der Waals surface area (Å²) in [4.78, 5) is 17.5. The molecule has 1 aliphatic carbocycles. The molecule has 1 fully saturated rings. The molecule has 142 valence electrons. The number of carbonyl (C=O) groups excluding carboxylic acids is 1. The second kappa shape index (κ2) is 7.68. The molecule has 1 saturated carbocycles. The van der Waals surface area contributed by atoms with Gasteiger partial charge in [-0.25, -0.2) is 4.68 Å². The van der Waals surface area contributed by atoms with Crippen LogP contribution < -0.4 is 5.32 Å². The van der Waals surface area contributed by atoms with Gasteiger partial charge in [-0.15, -0.1) is 0 Å². The minimum atomic E-state index is -0.169. The Balaban J connectivity index is 1.63. The molecule has 28 heavy (non-hydrogen) atoms. The fraction of sp³-hybridized carbons (Fsp3) is 0.227. The molecule has 0 unspecified atom stereocenters. The molecule has 1 aliphatic rings. The molecule has 0 radical (unpaired) electrons. The van der Waals surface area contributed by atoms with Crippen LogP contribution in [0.4, 0.5) is 5.82 Å². The maximum atomic E-state index is 12.9. The topological polar surface area (TPSA) is 68.5 Å². The van der Waals surface area contributed by atoms with E-state index in [1.165, 1.54) is 7.11 Å². The van der Waals surface area contributed by atoms with Gasteiger partial charge in [0.1, 0.15) is 12.9 Å². The summed E-state index contributed by atoms with van der Waals surface area (Å²) in [6, 6.07) is 17.1. The Labute approximate surface area is 163 Å². The Bertz CT molecular complexity index is 1000. The summed E-state index contributed by atoms with van der Waals surface area (Å²) < 4.78 is 1.83. The Morgan fingerprint density at radius 1 is 1.18 bits per heavy atom. The lowest BCUT2D eigenvalue weighted by atomic mass is 10.1. The monoisotopic (exact) mass is 374 g/mol. The first kappa shape index (κ1) is 18.0. The molecule has 1 aromatic heterocycles. The van der Waals surface area contributed by atoms with Crippen molar-refractivity contribution in [1.29, 1.82) is 0 Å². The fourth-order valence-electron chi connectivity index (χ4n) is 3.17. The Kier molecular flexibility index (Phi) is 4.93. The highest BCUT2D eigenvalue weighted by Crippen LogP contribution is 2.43. The number of hydrogen-bond acceptors (Lipinski definition) is 4. The van der Waals surface area contributed by atoms with Gasteiger partial charge < -0.3 is 10.2 Å². The summed E-state index contributed by atoms with van der Waals surface area (Å²) in [6.07, 6.45) is 3.91. The number of benzene rings is 2. The van der Waals surface area contributed by atoms with Gasteiger partial charge in [0.25, 0.3) is 5.91 Å². The van der Waals surface area contributed by atoms with Crippen LogP contribution in [0.3, 0.4) is 0 Å². The average molecular weight is 374 g/mol. The lowest BCUT2D eigenvalue weighted by Crippen LogP contribution is -2.16. The van der Waals surface area contributed by atoms with E-state index in [2.05, 4.69) is 15.3 Å². The molecule has 1 N–H and O–H groups in total. The number of amides is 1. The van der Waals surface area contributed by atoms with Gasteiger partial charge in [-0.1, -0.05) is 35.5 Å². The first-order valence-electron chi connectivity index (χ1n) is 9.30. The lowest BCUT2D eigenvalue weighted by Gasteiger charge is -2.10. The molecular weight excluding hydrogens is 352 g/mol. The van der Waals surface area contributed by atoms with Crippen molar-refractivity contribution in [3.8, 4) is 5.69 Å². The van der Waals surface area contributed by atoms with E-state index in [9.17, 15) is 4.79 Å². The maximum Gasteiger partial charge on any atom is 0.256 e. The van der Waals surface area contributed by atoms with E-state index < -0.39 is 0 Å². The number of oxime groups is 1. The van der Waals surface area contributed by atoms with Gasteiger partial charge in [0.2, 0.25) is 0 Å². The highest BCUT2D eigenvalue weighted by atomic mass is 16.6. The van der Waals surface area contributed by atoms with Crippen LogP contribution in [0, 0.1) is 6.92 Å². The van der Waals surface area contributed by atoms with Gasteiger partial charge in [-0.3, -0.25) is 4.79 Å². The zero-order chi connectivity index (χ0) is 19.5. The largest absolute Gasteiger partial charge is 0.399 e. The number of aromatic nitrogens is 2. The first-order chi connectivity index (χ1) is 13.7. The number of nitrogens with one attached hydrogen (secondary N) is 1. The van der Waals surface area contributed by atoms with E-state index in [1.54, 1.807) is 18.3 Å². The van der Waals surface area contributed by atoms with Gasteiger partial charge in [0, 0.05) is 17.0 Å². The van der Waals surface area contributed by atoms with E-state index in [1.807, 2.05) is 54.1 Å². The van der Waals surface area contributed by atoms with Crippen LogP contribution in [-0.2, 0) is 4.84 Å².